The zero-order chi connectivity index (χ0) is 85.2. The van der Waals surface area contributed by atoms with E-state index in [1.165, 1.54) is 340 Å². The predicted octanol–water partition coefficient (Wildman–Crippen LogP) is 16.8. The van der Waals surface area contributed by atoms with Crippen LogP contribution in [-0.4, -0.2) is 215 Å². The fourth-order valence-electron chi connectivity index (χ4n) is 17.1. The normalized spacial score (nSPS) is 24.8. The van der Waals surface area contributed by atoms with Crippen molar-refractivity contribution in [3.05, 3.63) is 12.2 Å². The van der Waals surface area contributed by atoms with Crippen molar-refractivity contribution >= 4 is 17.8 Å². The van der Waals surface area contributed by atoms with Gasteiger partial charge in [-0.25, -0.2) is 4.79 Å². The lowest BCUT2D eigenvalue weighted by molar-refractivity contribution is -0.386. The Balaban J connectivity index is 1.40. The van der Waals surface area contributed by atoms with Gasteiger partial charge in [-0.1, -0.05) is 405 Å². The van der Waals surface area contributed by atoms with Crippen LogP contribution in [0.1, 0.15) is 432 Å². The summed E-state index contributed by atoms with van der Waals surface area (Å²) in [6.45, 7) is 2.23. The van der Waals surface area contributed by atoms with Crippen molar-refractivity contribution in [1.29, 1.82) is 0 Å². The number of nitrogens with one attached hydrogen (secondary N) is 2. The highest BCUT2D eigenvalue weighted by atomic mass is 16.8. The summed E-state index contributed by atoms with van der Waals surface area (Å²) >= 11 is 0. The minimum atomic E-state index is -3.08. The van der Waals surface area contributed by atoms with E-state index in [1.807, 2.05) is 6.08 Å². The third-order valence-electron chi connectivity index (χ3n) is 24.7. The van der Waals surface area contributed by atoms with Gasteiger partial charge in [0.2, 0.25) is 11.8 Å². The van der Waals surface area contributed by atoms with Crippen LogP contribution in [0, 0.1) is 0 Å². The van der Waals surface area contributed by atoms with Crippen molar-refractivity contribution in [2.24, 2.45) is 0 Å². The number of aliphatic hydroxyl groups excluding tert-OH is 11. The van der Waals surface area contributed by atoms with E-state index in [9.17, 15) is 75.7 Å². The molecule has 0 spiro atoms. The Hall–Kier alpha value is -2.53. The number of carbonyl (C=O) groups excluding carboxylic acids is 2. The molecule has 3 heterocycles. The lowest BCUT2D eigenvalue weighted by atomic mass is 9.88. The van der Waals surface area contributed by atoms with Gasteiger partial charge in [0.05, 0.1) is 50.7 Å². The van der Waals surface area contributed by atoms with Crippen LogP contribution < -0.4 is 10.6 Å². The second-order valence-corrected chi connectivity index (χ2v) is 35.3. The zero-order valence-corrected chi connectivity index (χ0v) is 74.1. The maximum atomic E-state index is 13.6. The standard InChI is InChI=1S/C94H178N2O21/c1-4-6-8-10-12-14-16-18-20-22-24-26-28-30-31-32-33-34-35-36-37-38-39-40-41-42-43-44-46-48-50-52-54-56-58-60-62-64-66-68-81(104)96-75(76(101)67-65-63-61-59-57-55-53-51-49-47-45-29-27-25-23-21-19-17-15-13-11-9-7-5-2)73-112-91-86(108)85(107)88(80(72-99)114-91)115-92-87(109)90(84(106)79(71-98)113-92)117-94(93(110)111)69-77(102)82(95-74(3)100)89(116-94)83(105)78(103)70-97/h65,67,75-80,82-92,97-99,101-103,105-109H,4-64,66,68-73H2,1-3H3,(H,95,100)(H,96,104)(H,110,111)/b67-65+. The number of ether oxygens (including phenoxy) is 6. The van der Waals surface area contributed by atoms with Crippen LogP contribution in [0.25, 0.3) is 0 Å². The number of rotatable bonds is 80. The Morgan fingerprint density at radius 3 is 1.14 bits per heavy atom. The smallest absolute Gasteiger partial charge is 0.364 e. The second-order valence-electron chi connectivity index (χ2n) is 35.3. The monoisotopic (exact) mass is 1670 g/mol. The maximum absolute atomic E-state index is 13.6. The third kappa shape index (κ3) is 49.7. The molecule has 0 bridgehead atoms. The lowest BCUT2D eigenvalue weighted by Gasteiger charge is -2.50. The molecule has 0 radical (unpaired) electrons. The van der Waals surface area contributed by atoms with Gasteiger partial charge in [-0.2, -0.15) is 0 Å². The lowest BCUT2D eigenvalue weighted by Crippen LogP contribution is -2.70. The number of aliphatic hydroxyl groups is 11. The summed E-state index contributed by atoms with van der Waals surface area (Å²) in [6, 6.07) is -2.62. The molecule has 117 heavy (non-hydrogen) atoms. The number of carbonyl (C=O) groups is 3. The quantitative estimate of drug-likeness (QED) is 0.0199. The molecular formula is C94H178N2O21. The number of hydrogen-bond donors (Lipinski definition) is 14. The molecule has 0 aliphatic carbocycles. The molecule has 18 atom stereocenters. The minimum absolute atomic E-state index is 0.206. The van der Waals surface area contributed by atoms with Crippen molar-refractivity contribution < 1.29 is 104 Å². The summed E-state index contributed by atoms with van der Waals surface area (Å²) < 4.78 is 35.0. The fourth-order valence-corrected chi connectivity index (χ4v) is 17.1. The Morgan fingerprint density at radius 1 is 0.444 bits per heavy atom. The van der Waals surface area contributed by atoms with Gasteiger partial charge in [0, 0.05) is 19.8 Å². The van der Waals surface area contributed by atoms with E-state index in [0.29, 0.717) is 12.8 Å². The van der Waals surface area contributed by atoms with E-state index in [4.69, 9.17) is 28.4 Å². The van der Waals surface area contributed by atoms with Crippen LogP contribution >= 0.6 is 0 Å². The highest BCUT2D eigenvalue weighted by Crippen LogP contribution is 2.39. The van der Waals surface area contributed by atoms with Crippen LogP contribution in [0.3, 0.4) is 0 Å². The van der Waals surface area contributed by atoms with Gasteiger partial charge in [-0.3, -0.25) is 9.59 Å². The Labute approximate surface area is 709 Å². The Bertz CT molecular complexity index is 2350. The van der Waals surface area contributed by atoms with E-state index >= 15 is 0 Å². The fraction of sp³-hybridized carbons (Fsp3) is 0.947. The zero-order valence-electron chi connectivity index (χ0n) is 74.1. The molecule has 3 saturated heterocycles. The SMILES string of the molecule is CCCCCCCCCCCCCCCCCCCCCCCC/C=C/C(O)C(COC1OC(CO)C(OC2OC(CO)C(O)C(OC3(C(=O)O)CC(O)C(NC(C)=O)C(C(O)C(O)CO)O3)C2O)C(O)C1O)NC(=O)CCCCCCCCCCCCCCCCCCCCCCCCCCCCCCCCCCCCCCCCC. The average molecular weight is 1670 g/mol. The molecule has 23 nitrogen and oxygen atoms in total. The maximum Gasteiger partial charge on any atom is 0.364 e. The molecule has 3 aliphatic rings. The molecule has 18 unspecified atom stereocenters. The van der Waals surface area contributed by atoms with Crippen molar-refractivity contribution in [2.75, 3.05) is 26.4 Å². The second kappa shape index (κ2) is 71.7. The Morgan fingerprint density at radius 2 is 0.795 bits per heavy atom. The van der Waals surface area contributed by atoms with Gasteiger partial charge >= 0.3 is 5.97 Å². The number of allylic oxidation sites excluding steroid dienone is 1. The third-order valence-corrected chi connectivity index (χ3v) is 24.7. The summed E-state index contributed by atoms with van der Waals surface area (Å²) in [5, 5.41) is 137. The van der Waals surface area contributed by atoms with E-state index < -0.39 is 155 Å². The number of amides is 2. The first-order chi connectivity index (χ1) is 56.9. The van der Waals surface area contributed by atoms with E-state index in [2.05, 4.69) is 24.5 Å². The molecule has 0 aromatic heterocycles. The van der Waals surface area contributed by atoms with Gasteiger partial charge in [-0.15, -0.1) is 0 Å². The Kier molecular flexibility index (Phi) is 66.6. The van der Waals surface area contributed by atoms with Crippen LogP contribution in [0.4, 0.5) is 0 Å². The summed E-state index contributed by atoms with van der Waals surface area (Å²) in [4.78, 5) is 38.8. The predicted molar refractivity (Wildman–Crippen MR) is 463 cm³/mol. The van der Waals surface area contributed by atoms with Crippen molar-refractivity contribution in [1.82, 2.24) is 10.6 Å². The van der Waals surface area contributed by atoms with Gasteiger partial charge < -0.3 is 100 Å². The molecule has 0 aromatic carbocycles. The molecule has 23 heteroatoms. The highest BCUT2D eigenvalue weighted by Gasteiger charge is 2.60. The van der Waals surface area contributed by atoms with Crippen molar-refractivity contribution in [2.45, 2.75) is 542 Å². The van der Waals surface area contributed by atoms with Crippen LogP contribution in [0.2, 0.25) is 0 Å². The van der Waals surface area contributed by atoms with Gasteiger partial charge in [-0.05, 0) is 19.3 Å². The summed E-state index contributed by atoms with van der Waals surface area (Å²) in [5.41, 5.74) is 0. The van der Waals surface area contributed by atoms with Crippen LogP contribution in [0.5, 0.6) is 0 Å². The van der Waals surface area contributed by atoms with E-state index in [0.717, 1.165) is 51.9 Å². The highest BCUT2D eigenvalue weighted by molar-refractivity contribution is 5.77. The van der Waals surface area contributed by atoms with Gasteiger partial charge in [0.1, 0.15) is 67.1 Å². The molecule has 690 valence electrons. The molecule has 3 aliphatic heterocycles. The molecule has 3 rings (SSSR count). The number of aliphatic carboxylic acids is 1. The molecule has 2 amide bonds. The van der Waals surface area contributed by atoms with E-state index in [-0.39, 0.29) is 12.3 Å². The molecular weight excluding hydrogens is 1490 g/mol. The summed E-state index contributed by atoms with van der Waals surface area (Å²) in [7, 11) is 0. The average Bonchev–Trinajstić information content (AvgIpc) is 0.752. The molecule has 3 fully saturated rings. The summed E-state index contributed by atoms with van der Waals surface area (Å²) in [5.74, 6) is -6.13. The molecule has 0 aromatic rings. The number of unbranched alkanes of at least 4 members (excludes halogenated alkanes) is 60. The molecule has 0 saturated carbocycles. The first-order valence-corrected chi connectivity index (χ1v) is 48.6. The minimum Gasteiger partial charge on any atom is -0.477 e. The van der Waals surface area contributed by atoms with Crippen molar-refractivity contribution in [3.63, 3.8) is 0 Å². The van der Waals surface area contributed by atoms with E-state index in [1.54, 1.807) is 6.08 Å². The first kappa shape index (κ1) is 109. The number of hydrogen-bond acceptors (Lipinski definition) is 20. The molecule has 14 N–H and O–H groups in total. The van der Waals surface area contributed by atoms with Gasteiger partial charge in [0.25, 0.3) is 5.79 Å². The number of carboxylic acids is 1. The first-order valence-electron chi connectivity index (χ1n) is 48.6. The topological polar surface area (TPSA) is 373 Å². The number of carboxylic acid groups (broad SMARTS) is 1. The largest absolute Gasteiger partial charge is 0.477 e. The van der Waals surface area contributed by atoms with Gasteiger partial charge in [0.15, 0.2) is 12.6 Å². The van der Waals surface area contributed by atoms with Crippen LogP contribution in [-0.2, 0) is 42.8 Å². The van der Waals surface area contributed by atoms with Crippen molar-refractivity contribution in [3.8, 4) is 0 Å². The van der Waals surface area contributed by atoms with Crippen LogP contribution in [0.15, 0.2) is 12.2 Å². The summed E-state index contributed by atoms with van der Waals surface area (Å²) in [6.07, 6.45) is 55.7.